The summed E-state index contributed by atoms with van der Waals surface area (Å²) in [6, 6.07) is 7.62. The van der Waals surface area contributed by atoms with Gasteiger partial charge in [0.25, 0.3) is 0 Å². The van der Waals surface area contributed by atoms with Crippen LogP contribution >= 0.6 is 0 Å². The highest BCUT2D eigenvalue weighted by Gasteiger charge is 2.23. The minimum Gasteiger partial charge on any atom is -0.469 e. The quantitative estimate of drug-likeness (QED) is 0.758. The SMILES string of the molecule is COC(=O)CC(NC(=O)CC1COCCN1)c1ccc(C(C)(C)C)cc1. The molecule has 2 rings (SSSR count). The number of methoxy groups -OCH3 is 1. The number of esters is 1. The standard InChI is InChI=1S/C20H30N2O4/c1-20(2,3)15-7-5-14(6-8-15)17(12-19(24)25-4)22-18(23)11-16-13-26-10-9-21-16/h5-8,16-17,21H,9-13H2,1-4H3,(H,22,23). The number of carbonyl (C=O) groups is 2. The molecule has 0 aliphatic carbocycles. The van der Waals surface area contributed by atoms with Gasteiger partial charge in [0, 0.05) is 19.0 Å². The summed E-state index contributed by atoms with van der Waals surface area (Å²) >= 11 is 0. The van der Waals surface area contributed by atoms with Gasteiger partial charge < -0.3 is 20.1 Å². The summed E-state index contributed by atoms with van der Waals surface area (Å²) in [7, 11) is 1.35. The highest BCUT2D eigenvalue weighted by molar-refractivity contribution is 5.78. The Morgan fingerprint density at radius 1 is 1.31 bits per heavy atom. The van der Waals surface area contributed by atoms with E-state index < -0.39 is 6.04 Å². The van der Waals surface area contributed by atoms with Crippen molar-refractivity contribution in [1.29, 1.82) is 0 Å². The molecule has 1 aromatic carbocycles. The molecule has 1 heterocycles. The van der Waals surface area contributed by atoms with Crippen molar-refractivity contribution in [3.05, 3.63) is 35.4 Å². The summed E-state index contributed by atoms with van der Waals surface area (Å²) in [6.45, 7) is 8.38. The van der Waals surface area contributed by atoms with E-state index in [2.05, 4.69) is 31.4 Å². The topological polar surface area (TPSA) is 76.7 Å². The van der Waals surface area contributed by atoms with Crippen LogP contribution in [0.4, 0.5) is 0 Å². The van der Waals surface area contributed by atoms with Crippen molar-refractivity contribution in [2.75, 3.05) is 26.9 Å². The molecule has 26 heavy (non-hydrogen) atoms. The van der Waals surface area contributed by atoms with E-state index in [1.54, 1.807) is 0 Å². The molecule has 1 aliphatic heterocycles. The summed E-state index contributed by atoms with van der Waals surface area (Å²) in [5.74, 6) is -0.462. The maximum Gasteiger partial charge on any atom is 0.307 e. The van der Waals surface area contributed by atoms with Crippen LogP contribution in [0.5, 0.6) is 0 Å². The van der Waals surface area contributed by atoms with Crippen LogP contribution in [-0.2, 0) is 24.5 Å². The lowest BCUT2D eigenvalue weighted by Crippen LogP contribution is -2.44. The van der Waals surface area contributed by atoms with Crippen LogP contribution in [0, 0.1) is 0 Å². The molecule has 1 saturated heterocycles. The minimum absolute atomic E-state index is 0.00536. The van der Waals surface area contributed by atoms with Crippen LogP contribution in [0.25, 0.3) is 0 Å². The van der Waals surface area contributed by atoms with Gasteiger partial charge >= 0.3 is 5.97 Å². The van der Waals surface area contributed by atoms with Gasteiger partial charge in [0.05, 0.1) is 32.8 Å². The first kappa shape index (κ1) is 20.4. The van der Waals surface area contributed by atoms with Crippen molar-refractivity contribution in [1.82, 2.24) is 10.6 Å². The van der Waals surface area contributed by atoms with Crippen LogP contribution < -0.4 is 10.6 Å². The first-order valence-corrected chi connectivity index (χ1v) is 9.07. The largest absolute Gasteiger partial charge is 0.469 e. The lowest BCUT2D eigenvalue weighted by molar-refractivity contribution is -0.141. The molecule has 1 aliphatic rings. The van der Waals surface area contributed by atoms with E-state index >= 15 is 0 Å². The third kappa shape index (κ3) is 6.11. The number of benzene rings is 1. The molecule has 0 spiro atoms. The van der Waals surface area contributed by atoms with Crippen LogP contribution in [0.1, 0.15) is 50.8 Å². The van der Waals surface area contributed by atoms with Gasteiger partial charge in [-0.3, -0.25) is 9.59 Å². The van der Waals surface area contributed by atoms with Crippen molar-refractivity contribution < 1.29 is 19.1 Å². The Hall–Kier alpha value is -1.92. The number of hydrogen-bond donors (Lipinski definition) is 2. The molecule has 1 aromatic rings. The third-order valence-corrected chi connectivity index (χ3v) is 4.54. The molecule has 0 aromatic heterocycles. The lowest BCUT2D eigenvalue weighted by Gasteiger charge is -2.25. The number of ether oxygens (including phenoxy) is 2. The van der Waals surface area contributed by atoms with E-state index in [0.717, 1.165) is 12.1 Å². The third-order valence-electron chi connectivity index (χ3n) is 4.54. The molecular weight excluding hydrogens is 332 g/mol. The predicted octanol–water partition coefficient (Wildman–Crippen LogP) is 2.08. The molecule has 0 saturated carbocycles. The molecule has 2 unspecified atom stereocenters. The zero-order valence-electron chi connectivity index (χ0n) is 16.1. The molecule has 1 amide bonds. The van der Waals surface area contributed by atoms with E-state index in [4.69, 9.17) is 9.47 Å². The smallest absolute Gasteiger partial charge is 0.307 e. The highest BCUT2D eigenvalue weighted by atomic mass is 16.5. The van der Waals surface area contributed by atoms with Crippen molar-refractivity contribution in [2.24, 2.45) is 0 Å². The van der Waals surface area contributed by atoms with Crippen LogP contribution in [0.2, 0.25) is 0 Å². The van der Waals surface area contributed by atoms with Gasteiger partial charge in [0.1, 0.15) is 0 Å². The average Bonchev–Trinajstić information content (AvgIpc) is 2.61. The van der Waals surface area contributed by atoms with Crippen molar-refractivity contribution in [2.45, 2.75) is 51.1 Å². The van der Waals surface area contributed by atoms with Gasteiger partial charge in [-0.25, -0.2) is 0 Å². The molecule has 0 bridgehead atoms. The Labute approximate surface area is 155 Å². The number of rotatable bonds is 6. The maximum atomic E-state index is 12.4. The predicted molar refractivity (Wildman–Crippen MR) is 99.9 cm³/mol. The molecule has 1 fully saturated rings. The molecule has 2 atom stereocenters. The summed E-state index contributed by atoms with van der Waals surface area (Å²) in [5, 5.41) is 6.23. The van der Waals surface area contributed by atoms with Crippen LogP contribution in [-0.4, -0.2) is 44.8 Å². The lowest BCUT2D eigenvalue weighted by atomic mass is 9.86. The monoisotopic (exact) mass is 362 g/mol. The van der Waals surface area contributed by atoms with Crippen molar-refractivity contribution >= 4 is 11.9 Å². The number of morpholine rings is 1. The molecule has 6 nitrogen and oxygen atoms in total. The van der Waals surface area contributed by atoms with Gasteiger partial charge in [0.15, 0.2) is 0 Å². The minimum atomic E-state index is -0.409. The summed E-state index contributed by atoms with van der Waals surface area (Å²) in [4.78, 5) is 24.2. The van der Waals surface area contributed by atoms with Gasteiger partial charge in [-0.2, -0.15) is 0 Å². The number of amides is 1. The van der Waals surface area contributed by atoms with E-state index in [0.29, 0.717) is 19.6 Å². The Bertz CT molecular complexity index is 601. The molecule has 6 heteroatoms. The molecule has 2 N–H and O–H groups in total. The fourth-order valence-electron chi connectivity index (χ4n) is 2.95. The Morgan fingerprint density at radius 2 is 2.00 bits per heavy atom. The van der Waals surface area contributed by atoms with Crippen LogP contribution in [0.3, 0.4) is 0 Å². The fraction of sp³-hybridized carbons (Fsp3) is 0.600. The molecular formula is C20H30N2O4. The Morgan fingerprint density at radius 3 is 2.54 bits per heavy atom. The van der Waals surface area contributed by atoms with Crippen molar-refractivity contribution in [3.63, 3.8) is 0 Å². The Balaban J connectivity index is 2.07. The van der Waals surface area contributed by atoms with Crippen molar-refractivity contribution in [3.8, 4) is 0 Å². The summed E-state index contributed by atoms with van der Waals surface area (Å²) in [5.41, 5.74) is 2.14. The number of hydrogen-bond acceptors (Lipinski definition) is 5. The van der Waals surface area contributed by atoms with E-state index in [-0.39, 0.29) is 29.8 Å². The number of nitrogens with one attached hydrogen (secondary N) is 2. The Kier molecular flexibility index (Phi) is 7.17. The average molecular weight is 362 g/mol. The van der Waals surface area contributed by atoms with Gasteiger partial charge in [-0.15, -0.1) is 0 Å². The van der Waals surface area contributed by atoms with E-state index in [1.165, 1.54) is 12.7 Å². The summed E-state index contributed by atoms with van der Waals surface area (Å²) < 4.78 is 10.2. The molecule has 0 radical (unpaired) electrons. The maximum absolute atomic E-state index is 12.4. The second-order valence-corrected chi connectivity index (χ2v) is 7.70. The van der Waals surface area contributed by atoms with E-state index in [9.17, 15) is 9.59 Å². The second kappa shape index (κ2) is 9.14. The van der Waals surface area contributed by atoms with E-state index in [1.807, 2.05) is 24.3 Å². The molecule has 144 valence electrons. The van der Waals surface area contributed by atoms with Crippen LogP contribution in [0.15, 0.2) is 24.3 Å². The normalized spacial score (nSPS) is 18.8. The van der Waals surface area contributed by atoms with Gasteiger partial charge in [-0.05, 0) is 16.5 Å². The first-order valence-electron chi connectivity index (χ1n) is 9.07. The zero-order valence-corrected chi connectivity index (χ0v) is 16.1. The highest BCUT2D eigenvalue weighted by Crippen LogP contribution is 2.25. The zero-order chi connectivity index (χ0) is 19.2. The number of carbonyl (C=O) groups excluding carboxylic acids is 2. The summed E-state index contributed by atoms with van der Waals surface area (Å²) in [6.07, 6.45) is 0.420. The first-order chi connectivity index (χ1) is 12.3. The fourth-order valence-corrected chi connectivity index (χ4v) is 2.95. The van der Waals surface area contributed by atoms with Gasteiger partial charge in [0.2, 0.25) is 5.91 Å². The second-order valence-electron chi connectivity index (χ2n) is 7.70. The van der Waals surface area contributed by atoms with Gasteiger partial charge in [-0.1, -0.05) is 45.0 Å².